The Morgan fingerprint density at radius 3 is 2.82 bits per heavy atom. The summed E-state index contributed by atoms with van der Waals surface area (Å²) in [4.78, 5) is 4.19. The molecule has 5 heteroatoms. The number of pyridine rings is 1. The molecule has 116 valence electrons. The molecule has 0 radical (unpaired) electrons. The van der Waals surface area contributed by atoms with Crippen LogP contribution < -0.4 is 4.74 Å². The third-order valence-electron chi connectivity index (χ3n) is 4.07. The molecule has 1 aliphatic heterocycles. The van der Waals surface area contributed by atoms with Crippen molar-refractivity contribution in [1.29, 1.82) is 0 Å². The zero-order chi connectivity index (χ0) is 15.9. The Morgan fingerprint density at radius 2 is 2.14 bits per heavy atom. The number of benzene rings is 1. The second kappa shape index (κ2) is 5.86. The van der Waals surface area contributed by atoms with Gasteiger partial charge in [-0.2, -0.15) is 0 Å². The Morgan fingerprint density at radius 1 is 1.36 bits per heavy atom. The molecule has 3 rings (SSSR count). The van der Waals surface area contributed by atoms with Crippen LogP contribution in [0.4, 0.5) is 4.39 Å². The molecule has 1 N–H and O–H groups in total. The molecule has 1 aliphatic rings. The van der Waals surface area contributed by atoms with Crippen LogP contribution in [-0.2, 0) is 6.42 Å². The highest BCUT2D eigenvalue weighted by molar-refractivity contribution is 6.29. The van der Waals surface area contributed by atoms with E-state index in [1.165, 1.54) is 6.07 Å². The number of halogens is 2. The summed E-state index contributed by atoms with van der Waals surface area (Å²) in [5.41, 5.74) is 2.89. The Labute approximate surface area is 133 Å². The topological polar surface area (TPSA) is 42.4 Å². The van der Waals surface area contributed by atoms with Gasteiger partial charge < -0.3 is 9.84 Å². The van der Waals surface area contributed by atoms with Crippen molar-refractivity contribution in [1.82, 2.24) is 4.98 Å². The standard InChI is InChI=1S/C17H17ClFNO2/c1-9-3-4-11(14(19)5-9)12-7-16(18)20-17-13(12)6-10(2)15(8-21)22-17/h3-5,7,10,15,21H,6,8H2,1-2H3. The van der Waals surface area contributed by atoms with Crippen LogP contribution in [0.25, 0.3) is 11.1 Å². The van der Waals surface area contributed by atoms with E-state index in [-0.39, 0.29) is 29.6 Å². The maximum Gasteiger partial charge on any atom is 0.218 e. The van der Waals surface area contributed by atoms with Gasteiger partial charge in [0.25, 0.3) is 0 Å². The second-order valence-electron chi connectivity index (χ2n) is 5.78. The van der Waals surface area contributed by atoms with E-state index in [0.29, 0.717) is 23.4 Å². The molecule has 3 nitrogen and oxygen atoms in total. The minimum Gasteiger partial charge on any atom is -0.471 e. The lowest BCUT2D eigenvalue weighted by Crippen LogP contribution is -2.34. The van der Waals surface area contributed by atoms with Crippen LogP contribution in [0.5, 0.6) is 5.88 Å². The molecule has 0 spiro atoms. The molecule has 2 atom stereocenters. The summed E-state index contributed by atoms with van der Waals surface area (Å²) in [7, 11) is 0. The molecule has 0 saturated carbocycles. The number of aromatic nitrogens is 1. The molecule has 0 saturated heterocycles. The van der Waals surface area contributed by atoms with Gasteiger partial charge in [0.1, 0.15) is 17.1 Å². The Kier molecular flexibility index (Phi) is 4.06. The van der Waals surface area contributed by atoms with E-state index in [9.17, 15) is 9.50 Å². The highest BCUT2D eigenvalue weighted by Gasteiger charge is 2.30. The largest absolute Gasteiger partial charge is 0.471 e. The summed E-state index contributed by atoms with van der Waals surface area (Å²) in [6, 6.07) is 6.78. The smallest absolute Gasteiger partial charge is 0.218 e. The zero-order valence-corrected chi connectivity index (χ0v) is 13.2. The predicted molar refractivity (Wildman–Crippen MR) is 83.7 cm³/mol. The maximum absolute atomic E-state index is 14.3. The molecule has 0 fully saturated rings. The molecule has 2 heterocycles. The Hall–Kier alpha value is -1.65. The first kappa shape index (κ1) is 15.3. The molecule has 0 bridgehead atoms. The van der Waals surface area contributed by atoms with Crippen LogP contribution in [0.3, 0.4) is 0 Å². The van der Waals surface area contributed by atoms with E-state index in [2.05, 4.69) is 4.98 Å². The van der Waals surface area contributed by atoms with E-state index < -0.39 is 0 Å². The summed E-state index contributed by atoms with van der Waals surface area (Å²) >= 11 is 6.07. The van der Waals surface area contributed by atoms with Crippen molar-refractivity contribution in [2.75, 3.05) is 6.61 Å². The first-order chi connectivity index (χ1) is 10.5. The van der Waals surface area contributed by atoms with E-state index in [4.69, 9.17) is 16.3 Å². The van der Waals surface area contributed by atoms with Crippen LogP contribution in [0.15, 0.2) is 24.3 Å². The van der Waals surface area contributed by atoms with Crippen LogP contribution >= 0.6 is 11.6 Å². The summed E-state index contributed by atoms with van der Waals surface area (Å²) < 4.78 is 20.1. The van der Waals surface area contributed by atoms with Crippen molar-refractivity contribution in [3.63, 3.8) is 0 Å². The van der Waals surface area contributed by atoms with Gasteiger partial charge in [0.15, 0.2) is 0 Å². The molecule has 0 aliphatic carbocycles. The number of aliphatic hydroxyl groups excluding tert-OH is 1. The highest BCUT2D eigenvalue weighted by Crippen LogP contribution is 2.39. The number of rotatable bonds is 2. The summed E-state index contributed by atoms with van der Waals surface area (Å²) in [6.45, 7) is 3.76. The van der Waals surface area contributed by atoms with Gasteiger partial charge in [0, 0.05) is 11.1 Å². The van der Waals surface area contributed by atoms with Crippen molar-refractivity contribution >= 4 is 11.6 Å². The van der Waals surface area contributed by atoms with Crippen LogP contribution in [0.1, 0.15) is 18.1 Å². The quantitative estimate of drug-likeness (QED) is 0.856. The predicted octanol–water partition coefficient (Wildman–Crippen LogP) is 3.78. The summed E-state index contributed by atoms with van der Waals surface area (Å²) in [6.07, 6.45) is 0.349. The van der Waals surface area contributed by atoms with Crippen molar-refractivity contribution in [3.8, 4) is 17.0 Å². The SMILES string of the molecule is Cc1ccc(-c2cc(Cl)nc3c2CC(C)C(CO)O3)c(F)c1. The van der Waals surface area contributed by atoms with Gasteiger partial charge in [-0.15, -0.1) is 0 Å². The summed E-state index contributed by atoms with van der Waals surface area (Å²) in [5.74, 6) is 0.216. The van der Waals surface area contributed by atoms with Gasteiger partial charge >= 0.3 is 0 Å². The third kappa shape index (κ3) is 2.69. The number of aryl methyl sites for hydroxylation is 1. The average Bonchev–Trinajstić information content (AvgIpc) is 2.46. The lowest BCUT2D eigenvalue weighted by atomic mass is 9.89. The van der Waals surface area contributed by atoms with Crippen LogP contribution in [-0.4, -0.2) is 22.8 Å². The fourth-order valence-corrected chi connectivity index (χ4v) is 3.01. The zero-order valence-electron chi connectivity index (χ0n) is 12.4. The lowest BCUT2D eigenvalue weighted by molar-refractivity contribution is 0.0565. The van der Waals surface area contributed by atoms with E-state index in [1.54, 1.807) is 12.1 Å². The van der Waals surface area contributed by atoms with Gasteiger partial charge in [-0.1, -0.05) is 30.7 Å². The first-order valence-electron chi connectivity index (χ1n) is 7.23. The van der Waals surface area contributed by atoms with E-state index in [1.807, 2.05) is 19.9 Å². The van der Waals surface area contributed by atoms with Gasteiger partial charge in [-0.25, -0.2) is 9.37 Å². The van der Waals surface area contributed by atoms with Crippen molar-refractivity contribution < 1.29 is 14.2 Å². The molecule has 2 aromatic rings. The van der Waals surface area contributed by atoms with Crippen LogP contribution in [0, 0.1) is 18.7 Å². The number of hydrogen-bond donors (Lipinski definition) is 1. The minimum atomic E-state index is -0.311. The minimum absolute atomic E-state index is 0.0803. The van der Waals surface area contributed by atoms with Gasteiger partial charge in [-0.05, 0) is 42.5 Å². The number of aliphatic hydroxyl groups is 1. The van der Waals surface area contributed by atoms with Crippen molar-refractivity contribution in [2.45, 2.75) is 26.4 Å². The highest BCUT2D eigenvalue weighted by atomic mass is 35.5. The molecule has 0 amide bonds. The monoisotopic (exact) mass is 321 g/mol. The van der Waals surface area contributed by atoms with E-state index >= 15 is 0 Å². The summed E-state index contributed by atoms with van der Waals surface area (Å²) in [5, 5.41) is 9.62. The normalized spacial score (nSPS) is 20.4. The Balaban J connectivity index is 2.15. The number of ether oxygens (including phenoxy) is 1. The molecule has 1 aromatic carbocycles. The van der Waals surface area contributed by atoms with Gasteiger partial charge in [-0.3, -0.25) is 0 Å². The number of fused-ring (bicyclic) bond motifs is 1. The third-order valence-corrected chi connectivity index (χ3v) is 4.27. The first-order valence-corrected chi connectivity index (χ1v) is 7.61. The number of nitrogens with zero attached hydrogens (tertiary/aromatic N) is 1. The van der Waals surface area contributed by atoms with Gasteiger partial charge in [0.2, 0.25) is 5.88 Å². The lowest BCUT2D eigenvalue weighted by Gasteiger charge is -2.31. The molecule has 22 heavy (non-hydrogen) atoms. The maximum atomic E-state index is 14.3. The number of hydrogen-bond acceptors (Lipinski definition) is 3. The fourth-order valence-electron chi connectivity index (χ4n) is 2.82. The molecular weight excluding hydrogens is 305 g/mol. The van der Waals surface area contributed by atoms with Crippen molar-refractivity contribution in [3.05, 3.63) is 46.4 Å². The van der Waals surface area contributed by atoms with Crippen molar-refractivity contribution in [2.24, 2.45) is 5.92 Å². The molecule has 2 unspecified atom stereocenters. The van der Waals surface area contributed by atoms with Gasteiger partial charge in [0.05, 0.1) is 6.61 Å². The second-order valence-corrected chi connectivity index (χ2v) is 6.17. The van der Waals surface area contributed by atoms with E-state index in [0.717, 1.165) is 11.1 Å². The van der Waals surface area contributed by atoms with Crippen LogP contribution in [0.2, 0.25) is 5.15 Å². The molecular formula is C17H17ClFNO2. The molecule has 1 aromatic heterocycles. The fraction of sp³-hybridized carbons (Fsp3) is 0.353. The Bertz CT molecular complexity index is 720. The average molecular weight is 322 g/mol.